The predicted octanol–water partition coefficient (Wildman–Crippen LogP) is 2.74. The van der Waals surface area contributed by atoms with Crippen LogP contribution < -0.4 is 10.5 Å². The molecule has 0 atom stereocenters. The molecule has 1 aromatic rings. The van der Waals surface area contributed by atoms with Gasteiger partial charge in [0.25, 0.3) is 0 Å². The number of benzene rings is 1. The van der Waals surface area contributed by atoms with Crippen molar-refractivity contribution in [3.05, 3.63) is 29.3 Å². The van der Waals surface area contributed by atoms with Gasteiger partial charge in [0, 0.05) is 13.0 Å². The molecular weight excluding hydrogens is 280 g/mol. The molecule has 0 saturated carbocycles. The number of nitrogens with two attached hydrogens (primary N) is 1. The molecule has 0 aromatic heterocycles. The van der Waals surface area contributed by atoms with Crippen LogP contribution in [0.3, 0.4) is 0 Å². The zero-order valence-corrected chi connectivity index (χ0v) is 14.3. The summed E-state index contributed by atoms with van der Waals surface area (Å²) in [7, 11) is 4.09. The lowest BCUT2D eigenvalue weighted by molar-refractivity contribution is 0.0454. The van der Waals surface area contributed by atoms with Crippen molar-refractivity contribution in [2.75, 3.05) is 27.2 Å². The Labute approximate surface area is 133 Å². The lowest BCUT2D eigenvalue weighted by Gasteiger charge is -2.25. The molecule has 1 rings (SSSR count). The van der Waals surface area contributed by atoms with Crippen molar-refractivity contribution >= 4 is 6.09 Å². The maximum Gasteiger partial charge on any atom is 0.405 e. The zero-order chi connectivity index (χ0) is 16.8. The molecule has 1 aromatic carbocycles. The monoisotopic (exact) mass is 308 g/mol. The van der Waals surface area contributed by atoms with E-state index >= 15 is 0 Å². The Morgan fingerprint density at radius 2 is 2.00 bits per heavy atom. The average Bonchev–Trinajstić information content (AvgIpc) is 2.34. The first kappa shape index (κ1) is 18.3. The quantitative estimate of drug-likeness (QED) is 0.750. The minimum absolute atomic E-state index is 0.556. The SMILES string of the molecule is Cc1ccc(OCCCN(C)C)c(CC(C)(C)OC(N)=O)c1. The molecule has 0 saturated heterocycles. The standard InChI is InChI=1S/C17H28N2O3/c1-13-7-8-15(21-10-6-9-19(4)5)14(11-13)12-17(2,3)22-16(18)20/h7-8,11H,6,9-10,12H2,1-5H3,(H2,18,20). The predicted molar refractivity (Wildman–Crippen MR) is 88.3 cm³/mol. The summed E-state index contributed by atoms with van der Waals surface area (Å²) in [6.45, 7) is 7.36. The minimum Gasteiger partial charge on any atom is -0.493 e. The maximum absolute atomic E-state index is 11.0. The van der Waals surface area contributed by atoms with Crippen molar-refractivity contribution < 1.29 is 14.3 Å². The van der Waals surface area contributed by atoms with Crippen molar-refractivity contribution in [2.45, 2.75) is 39.2 Å². The Hall–Kier alpha value is -1.75. The summed E-state index contributed by atoms with van der Waals surface area (Å²) < 4.78 is 11.1. The van der Waals surface area contributed by atoms with Gasteiger partial charge in [-0.05, 0) is 52.9 Å². The van der Waals surface area contributed by atoms with E-state index in [0.717, 1.165) is 29.8 Å². The van der Waals surface area contributed by atoms with Crippen LogP contribution in [0.5, 0.6) is 5.75 Å². The van der Waals surface area contributed by atoms with Crippen LogP contribution in [0.2, 0.25) is 0 Å². The van der Waals surface area contributed by atoms with Crippen molar-refractivity contribution in [2.24, 2.45) is 5.73 Å². The molecular formula is C17H28N2O3. The normalized spacial score (nSPS) is 11.5. The summed E-state index contributed by atoms with van der Waals surface area (Å²) in [4.78, 5) is 13.1. The molecule has 0 fully saturated rings. The highest BCUT2D eigenvalue weighted by atomic mass is 16.6. The van der Waals surface area contributed by atoms with Gasteiger partial charge in [0.05, 0.1) is 6.61 Å². The van der Waals surface area contributed by atoms with E-state index < -0.39 is 11.7 Å². The van der Waals surface area contributed by atoms with Gasteiger partial charge in [-0.2, -0.15) is 0 Å². The van der Waals surface area contributed by atoms with Gasteiger partial charge in [0.15, 0.2) is 0 Å². The summed E-state index contributed by atoms with van der Waals surface area (Å²) >= 11 is 0. The molecule has 5 nitrogen and oxygen atoms in total. The molecule has 1 amide bonds. The van der Waals surface area contributed by atoms with Crippen LogP contribution in [0.1, 0.15) is 31.4 Å². The summed E-state index contributed by atoms with van der Waals surface area (Å²) in [6, 6.07) is 6.06. The zero-order valence-electron chi connectivity index (χ0n) is 14.3. The van der Waals surface area contributed by atoms with Crippen LogP contribution in [0, 0.1) is 6.92 Å². The van der Waals surface area contributed by atoms with Gasteiger partial charge < -0.3 is 20.1 Å². The molecule has 0 radical (unpaired) electrons. The number of hydrogen-bond acceptors (Lipinski definition) is 4. The van der Waals surface area contributed by atoms with E-state index in [0.29, 0.717) is 13.0 Å². The Kier molecular flexibility index (Phi) is 6.68. The van der Waals surface area contributed by atoms with Crippen molar-refractivity contribution in [3.63, 3.8) is 0 Å². The number of carbonyl (C=O) groups excluding carboxylic acids is 1. The third-order valence-electron chi connectivity index (χ3n) is 3.22. The van der Waals surface area contributed by atoms with Gasteiger partial charge in [0.2, 0.25) is 0 Å². The Morgan fingerprint density at radius 3 is 2.59 bits per heavy atom. The highest BCUT2D eigenvalue weighted by molar-refractivity contribution is 5.65. The molecule has 0 spiro atoms. The number of ether oxygens (including phenoxy) is 2. The smallest absolute Gasteiger partial charge is 0.405 e. The first-order valence-electron chi connectivity index (χ1n) is 7.55. The number of carbonyl (C=O) groups is 1. The molecule has 124 valence electrons. The van der Waals surface area contributed by atoms with E-state index in [1.54, 1.807) is 0 Å². The molecule has 0 bridgehead atoms. The lowest BCUT2D eigenvalue weighted by atomic mass is 9.96. The molecule has 0 aliphatic heterocycles. The fourth-order valence-corrected chi connectivity index (χ4v) is 2.32. The van der Waals surface area contributed by atoms with E-state index in [9.17, 15) is 4.79 Å². The fraction of sp³-hybridized carbons (Fsp3) is 0.588. The van der Waals surface area contributed by atoms with E-state index in [1.165, 1.54) is 0 Å². The van der Waals surface area contributed by atoms with Gasteiger partial charge in [0.1, 0.15) is 11.4 Å². The topological polar surface area (TPSA) is 64.8 Å². The molecule has 0 aliphatic rings. The molecule has 0 heterocycles. The van der Waals surface area contributed by atoms with E-state index in [-0.39, 0.29) is 0 Å². The van der Waals surface area contributed by atoms with Gasteiger partial charge >= 0.3 is 6.09 Å². The third kappa shape index (κ3) is 6.80. The molecule has 0 unspecified atom stereocenters. The number of nitrogens with zero attached hydrogens (tertiary/aromatic N) is 1. The number of aryl methyl sites for hydroxylation is 1. The fourth-order valence-electron chi connectivity index (χ4n) is 2.32. The van der Waals surface area contributed by atoms with Gasteiger partial charge in [-0.25, -0.2) is 4.79 Å². The van der Waals surface area contributed by atoms with Crippen molar-refractivity contribution in [1.82, 2.24) is 4.90 Å². The van der Waals surface area contributed by atoms with Crippen LogP contribution >= 0.6 is 0 Å². The number of amides is 1. The summed E-state index contributed by atoms with van der Waals surface area (Å²) in [5.41, 5.74) is 6.63. The van der Waals surface area contributed by atoms with E-state index in [4.69, 9.17) is 15.2 Å². The Balaban J connectivity index is 2.75. The van der Waals surface area contributed by atoms with Crippen LogP contribution in [0.4, 0.5) is 4.79 Å². The molecule has 2 N–H and O–H groups in total. The molecule has 0 aliphatic carbocycles. The molecule has 22 heavy (non-hydrogen) atoms. The van der Waals surface area contributed by atoms with Crippen LogP contribution in [-0.4, -0.2) is 43.8 Å². The van der Waals surface area contributed by atoms with Gasteiger partial charge in [-0.3, -0.25) is 0 Å². The second-order valence-electron chi connectivity index (χ2n) is 6.47. The lowest BCUT2D eigenvalue weighted by Crippen LogP contribution is -2.33. The molecule has 5 heteroatoms. The van der Waals surface area contributed by atoms with Crippen LogP contribution in [0.15, 0.2) is 18.2 Å². The Morgan fingerprint density at radius 1 is 1.32 bits per heavy atom. The second-order valence-corrected chi connectivity index (χ2v) is 6.47. The van der Waals surface area contributed by atoms with Crippen LogP contribution in [0.25, 0.3) is 0 Å². The van der Waals surface area contributed by atoms with Crippen molar-refractivity contribution in [1.29, 1.82) is 0 Å². The summed E-state index contributed by atoms with van der Waals surface area (Å²) in [5.74, 6) is 0.838. The Bertz CT molecular complexity index is 499. The van der Waals surface area contributed by atoms with Gasteiger partial charge in [-0.15, -0.1) is 0 Å². The van der Waals surface area contributed by atoms with Gasteiger partial charge in [-0.1, -0.05) is 17.7 Å². The summed E-state index contributed by atoms with van der Waals surface area (Å²) in [6.07, 6.45) is 0.758. The minimum atomic E-state index is -0.758. The number of rotatable bonds is 8. The second kappa shape index (κ2) is 8.03. The largest absolute Gasteiger partial charge is 0.493 e. The number of primary amides is 1. The first-order chi connectivity index (χ1) is 10.2. The third-order valence-corrected chi connectivity index (χ3v) is 3.22. The van der Waals surface area contributed by atoms with Crippen LogP contribution in [-0.2, 0) is 11.2 Å². The highest BCUT2D eigenvalue weighted by Crippen LogP contribution is 2.26. The van der Waals surface area contributed by atoms with Crippen molar-refractivity contribution in [3.8, 4) is 5.75 Å². The van der Waals surface area contributed by atoms with E-state index in [2.05, 4.69) is 11.0 Å². The van der Waals surface area contributed by atoms with E-state index in [1.807, 2.05) is 47.0 Å². The average molecular weight is 308 g/mol. The number of hydrogen-bond donors (Lipinski definition) is 1. The summed E-state index contributed by atoms with van der Waals surface area (Å²) in [5, 5.41) is 0. The maximum atomic E-state index is 11.0. The highest BCUT2D eigenvalue weighted by Gasteiger charge is 2.24. The first-order valence-corrected chi connectivity index (χ1v) is 7.55.